The Bertz CT molecular complexity index is 1350. The summed E-state index contributed by atoms with van der Waals surface area (Å²) in [6, 6.07) is 15.7. The van der Waals surface area contributed by atoms with Crippen LogP contribution in [0, 0.1) is 0 Å². The second-order valence-electron chi connectivity index (χ2n) is 7.63. The van der Waals surface area contributed by atoms with Gasteiger partial charge in [0.1, 0.15) is 6.54 Å². The molecule has 1 amide bonds. The molecule has 0 radical (unpaired) electrons. The van der Waals surface area contributed by atoms with Crippen LogP contribution in [0.3, 0.4) is 0 Å². The van der Waals surface area contributed by atoms with E-state index in [1.807, 2.05) is 41.8 Å². The number of para-hydroxylation sites is 2. The quantitative estimate of drug-likeness (QED) is 0.368. The average Bonchev–Trinajstić information content (AvgIpc) is 3.59. The molecule has 4 aromatic rings. The number of methoxy groups -OCH3 is 1. The van der Waals surface area contributed by atoms with Crippen molar-refractivity contribution in [3.63, 3.8) is 0 Å². The molecular weight excluding hydrogens is 462 g/mol. The van der Waals surface area contributed by atoms with Crippen molar-refractivity contribution in [1.29, 1.82) is 0 Å². The molecule has 1 aliphatic rings. The van der Waals surface area contributed by atoms with Crippen LogP contribution in [0.15, 0.2) is 71.4 Å². The lowest BCUT2D eigenvalue weighted by Crippen LogP contribution is -2.30. The molecule has 1 unspecified atom stereocenters. The Hall–Kier alpha value is -3.79. The van der Waals surface area contributed by atoms with Gasteiger partial charge in [-0.3, -0.25) is 4.79 Å². The van der Waals surface area contributed by atoms with Crippen LogP contribution in [-0.2, 0) is 11.3 Å². The number of rotatable bonds is 7. The van der Waals surface area contributed by atoms with Crippen LogP contribution in [0.25, 0.3) is 11.0 Å². The predicted molar refractivity (Wildman–Crippen MR) is 124 cm³/mol. The fraction of sp³-hybridized carbons (Fsp3) is 0.208. The molecule has 1 atom stereocenters. The lowest BCUT2D eigenvalue weighted by molar-refractivity contribution is -0.133. The Morgan fingerprint density at radius 3 is 2.79 bits per heavy atom. The number of alkyl halides is 2. The van der Waals surface area contributed by atoms with Gasteiger partial charge in [-0.2, -0.15) is 13.9 Å². The third kappa shape index (κ3) is 4.24. The number of ether oxygens (including phenoxy) is 2. The third-order valence-electron chi connectivity index (χ3n) is 5.59. The first-order valence-electron chi connectivity index (χ1n) is 10.5. The van der Waals surface area contributed by atoms with E-state index < -0.39 is 12.7 Å². The monoisotopic (exact) mass is 482 g/mol. The molecule has 0 fully saturated rings. The van der Waals surface area contributed by atoms with Gasteiger partial charge in [-0.1, -0.05) is 24.3 Å². The smallest absolute Gasteiger partial charge is 0.387 e. The molecule has 7 nitrogen and oxygen atoms in total. The molecule has 3 heterocycles. The first kappa shape index (κ1) is 22.0. The van der Waals surface area contributed by atoms with Gasteiger partial charge in [0, 0.05) is 6.42 Å². The number of halogens is 2. The maximum absolute atomic E-state index is 13.4. The molecule has 0 N–H and O–H groups in total. The van der Waals surface area contributed by atoms with Gasteiger partial charge in [0.05, 0.1) is 41.1 Å². The van der Waals surface area contributed by atoms with Gasteiger partial charge < -0.3 is 14.0 Å². The number of nitrogens with zero attached hydrogens (tertiary/aromatic N) is 4. The highest BCUT2D eigenvalue weighted by atomic mass is 32.1. The molecule has 10 heteroatoms. The topological polar surface area (TPSA) is 69.0 Å². The van der Waals surface area contributed by atoms with E-state index in [9.17, 15) is 13.6 Å². The van der Waals surface area contributed by atoms with Gasteiger partial charge in [0.2, 0.25) is 0 Å². The van der Waals surface area contributed by atoms with Gasteiger partial charge in [0.25, 0.3) is 5.91 Å². The van der Waals surface area contributed by atoms with Crippen LogP contribution in [0.5, 0.6) is 11.5 Å². The van der Waals surface area contributed by atoms with E-state index in [4.69, 9.17) is 4.74 Å². The number of aromatic nitrogens is 2. The van der Waals surface area contributed by atoms with Gasteiger partial charge >= 0.3 is 6.61 Å². The Balaban J connectivity index is 1.47. The highest BCUT2D eigenvalue weighted by molar-refractivity contribution is 7.12. The van der Waals surface area contributed by atoms with Crippen molar-refractivity contribution in [2.75, 3.05) is 7.11 Å². The maximum atomic E-state index is 13.4. The lowest BCUT2D eigenvalue weighted by Gasteiger charge is -2.23. The van der Waals surface area contributed by atoms with Crippen molar-refractivity contribution in [3.8, 4) is 11.5 Å². The van der Waals surface area contributed by atoms with E-state index in [1.54, 1.807) is 34.4 Å². The molecule has 2 aromatic heterocycles. The molecule has 1 aliphatic heterocycles. The van der Waals surface area contributed by atoms with E-state index >= 15 is 0 Å². The molecular formula is C24H20F2N4O3S. The minimum atomic E-state index is -2.97. The Kier molecular flexibility index (Phi) is 5.97. The summed E-state index contributed by atoms with van der Waals surface area (Å²) in [7, 11) is 1.38. The minimum absolute atomic E-state index is 0.0575. The fourth-order valence-corrected chi connectivity index (χ4v) is 4.75. The van der Waals surface area contributed by atoms with Crippen molar-refractivity contribution < 1.29 is 23.0 Å². The molecule has 0 spiro atoms. The highest BCUT2D eigenvalue weighted by Gasteiger charge is 2.34. The fourth-order valence-electron chi connectivity index (χ4n) is 4.03. The van der Waals surface area contributed by atoms with Gasteiger partial charge in [-0.25, -0.2) is 9.99 Å². The Labute approximate surface area is 197 Å². The average molecular weight is 483 g/mol. The highest BCUT2D eigenvalue weighted by Crippen LogP contribution is 2.38. The summed E-state index contributed by atoms with van der Waals surface area (Å²) in [5, 5.41) is 8.08. The van der Waals surface area contributed by atoms with E-state index in [1.165, 1.54) is 18.2 Å². The van der Waals surface area contributed by atoms with Crippen molar-refractivity contribution in [3.05, 3.63) is 76.7 Å². The van der Waals surface area contributed by atoms with Crippen molar-refractivity contribution in [2.24, 2.45) is 5.10 Å². The van der Waals surface area contributed by atoms with Crippen molar-refractivity contribution in [2.45, 2.75) is 25.6 Å². The number of hydrogen-bond acceptors (Lipinski definition) is 6. The van der Waals surface area contributed by atoms with Crippen molar-refractivity contribution in [1.82, 2.24) is 14.6 Å². The normalized spacial score (nSPS) is 15.7. The summed E-state index contributed by atoms with van der Waals surface area (Å²) < 4.78 is 37.1. The number of carbonyl (C=O) groups excluding carboxylic acids is 1. The summed E-state index contributed by atoms with van der Waals surface area (Å²) in [6.07, 6.45) is 2.12. The third-order valence-corrected chi connectivity index (χ3v) is 6.51. The summed E-state index contributed by atoms with van der Waals surface area (Å²) in [5.74, 6) is -0.122. The molecule has 34 heavy (non-hydrogen) atoms. The summed E-state index contributed by atoms with van der Waals surface area (Å²) >= 11 is 1.54. The van der Waals surface area contributed by atoms with Crippen LogP contribution >= 0.6 is 11.3 Å². The van der Waals surface area contributed by atoms with E-state index in [2.05, 4.69) is 14.8 Å². The summed E-state index contributed by atoms with van der Waals surface area (Å²) in [6.45, 7) is -2.91. The molecule has 0 saturated carbocycles. The molecule has 0 aliphatic carbocycles. The number of fused-ring (bicyclic) bond motifs is 1. The number of hydrazone groups is 1. The van der Waals surface area contributed by atoms with E-state index in [0.717, 1.165) is 21.6 Å². The predicted octanol–water partition coefficient (Wildman–Crippen LogP) is 5.09. The molecule has 174 valence electrons. The second-order valence-corrected chi connectivity index (χ2v) is 8.58. The van der Waals surface area contributed by atoms with Gasteiger partial charge in [0.15, 0.2) is 11.5 Å². The number of thiophene rings is 1. The summed E-state index contributed by atoms with van der Waals surface area (Å²) in [5.41, 5.74) is 3.15. The Morgan fingerprint density at radius 1 is 1.18 bits per heavy atom. The number of hydrogen-bond donors (Lipinski definition) is 0. The standard InChI is InChI=1S/C24H20F2N4O3S/c1-32-21-11-15(8-9-20(21)33-24(25)26)19-12-17(22-7-4-10-34-22)28-30(19)23(31)13-29-14-27-16-5-2-3-6-18(16)29/h2-11,14,19,24H,12-13H2,1H3. The zero-order chi connectivity index (χ0) is 23.7. The molecule has 2 aromatic carbocycles. The number of imidazole rings is 1. The summed E-state index contributed by atoms with van der Waals surface area (Å²) in [4.78, 5) is 18.8. The van der Waals surface area contributed by atoms with E-state index in [-0.39, 0.29) is 24.0 Å². The minimum Gasteiger partial charge on any atom is -0.493 e. The molecule has 0 saturated heterocycles. The first-order valence-corrected chi connectivity index (χ1v) is 11.4. The molecule has 0 bridgehead atoms. The van der Waals surface area contributed by atoms with Gasteiger partial charge in [-0.15, -0.1) is 11.3 Å². The largest absolute Gasteiger partial charge is 0.493 e. The van der Waals surface area contributed by atoms with Crippen LogP contribution in [0.2, 0.25) is 0 Å². The number of amides is 1. The zero-order valence-corrected chi connectivity index (χ0v) is 18.9. The van der Waals surface area contributed by atoms with Crippen LogP contribution < -0.4 is 9.47 Å². The molecule has 5 rings (SSSR count). The second kappa shape index (κ2) is 9.22. The number of benzene rings is 2. The van der Waals surface area contributed by atoms with Crippen LogP contribution in [0.4, 0.5) is 8.78 Å². The zero-order valence-electron chi connectivity index (χ0n) is 18.1. The van der Waals surface area contributed by atoms with Gasteiger partial charge in [-0.05, 0) is 41.3 Å². The first-order chi connectivity index (χ1) is 16.5. The number of carbonyl (C=O) groups is 1. The Morgan fingerprint density at radius 2 is 2.03 bits per heavy atom. The van der Waals surface area contributed by atoms with E-state index in [0.29, 0.717) is 12.0 Å². The van der Waals surface area contributed by atoms with Crippen LogP contribution in [-0.4, -0.2) is 39.9 Å². The maximum Gasteiger partial charge on any atom is 0.387 e. The lowest BCUT2D eigenvalue weighted by atomic mass is 10.0. The van der Waals surface area contributed by atoms with Crippen molar-refractivity contribution >= 4 is 34.0 Å². The van der Waals surface area contributed by atoms with Crippen LogP contribution in [0.1, 0.15) is 22.9 Å². The SMILES string of the molecule is COc1cc(C2CC(c3cccs3)=NN2C(=O)Cn2cnc3ccccc32)ccc1OC(F)F.